The van der Waals surface area contributed by atoms with E-state index in [4.69, 9.17) is 0 Å². The smallest absolute Gasteiger partial charge is 0.0421 e. The van der Waals surface area contributed by atoms with Crippen molar-refractivity contribution >= 4 is 21.6 Å². The summed E-state index contributed by atoms with van der Waals surface area (Å²) < 4.78 is 1.12. The molecule has 0 aliphatic heterocycles. The quantitative estimate of drug-likeness (QED) is 0.828. The van der Waals surface area contributed by atoms with Crippen molar-refractivity contribution in [2.24, 2.45) is 0 Å². The largest absolute Gasteiger partial charge is 0.374 e. The Labute approximate surface area is 135 Å². The van der Waals surface area contributed by atoms with Crippen molar-refractivity contribution in [2.45, 2.75) is 19.9 Å². The topological polar surface area (TPSA) is 28.2 Å². The zero-order valence-electron chi connectivity index (χ0n) is 12.6. The van der Waals surface area contributed by atoms with Crippen LogP contribution in [0.2, 0.25) is 0 Å². The number of nitrogens with one attached hydrogen (secondary N) is 1. The second-order valence-corrected chi connectivity index (χ2v) is 5.96. The molecule has 3 nitrogen and oxygen atoms in total. The van der Waals surface area contributed by atoms with Crippen LogP contribution < -0.4 is 10.2 Å². The lowest BCUT2D eigenvalue weighted by Gasteiger charge is -2.23. The lowest BCUT2D eigenvalue weighted by atomic mass is 10.1. The van der Waals surface area contributed by atoms with Gasteiger partial charge in [-0.3, -0.25) is 4.98 Å². The number of nitrogens with zero attached hydrogens (tertiary/aromatic N) is 2. The molecule has 0 aliphatic rings. The highest BCUT2D eigenvalue weighted by atomic mass is 79.9. The summed E-state index contributed by atoms with van der Waals surface area (Å²) in [6.07, 6.45) is 2.81. The summed E-state index contributed by atoms with van der Waals surface area (Å²) in [4.78, 5) is 6.68. The second kappa shape index (κ2) is 8.15. The van der Waals surface area contributed by atoms with Gasteiger partial charge in [-0.05, 0) is 42.4 Å². The van der Waals surface area contributed by atoms with Crippen LogP contribution in [0.5, 0.6) is 0 Å². The maximum absolute atomic E-state index is 4.38. The molecule has 0 aliphatic carbocycles. The molecular formula is C17H22BrN3. The Hall–Kier alpha value is -1.39. The van der Waals surface area contributed by atoms with Crippen LogP contribution in [-0.2, 0) is 13.0 Å². The number of anilines is 1. The number of likely N-dealkylation sites (N-methyl/N-ethyl adjacent to an activating group) is 1. The van der Waals surface area contributed by atoms with E-state index in [0.717, 1.165) is 36.2 Å². The maximum atomic E-state index is 4.38. The fourth-order valence-electron chi connectivity index (χ4n) is 2.28. The molecule has 4 heteroatoms. The third-order valence-electron chi connectivity index (χ3n) is 3.45. The van der Waals surface area contributed by atoms with Crippen LogP contribution in [0.1, 0.15) is 18.2 Å². The molecule has 0 unspecified atom stereocenters. The number of rotatable bonds is 7. The Balaban J connectivity index is 2.05. The second-order valence-electron chi connectivity index (χ2n) is 5.05. The Kier molecular flexibility index (Phi) is 6.21. The van der Waals surface area contributed by atoms with Crippen molar-refractivity contribution in [3.63, 3.8) is 0 Å². The van der Waals surface area contributed by atoms with Gasteiger partial charge in [-0.25, -0.2) is 0 Å². The van der Waals surface area contributed by atoms with Crippen molar-refractivity contribution < 1.29 is 0 Å². The van der Waals surface area contributed by atoms with Crippen LogP contribution in [0.25, 0.3) is 0 Å². The minimum absolute atomic E-state index is 0.888. The highest BCUT2D eigenvalue weighted by molar-refractivity contribution is 9.10. The molecule has 0 amide bonds. The lowest BCUT2D eigenvalue weighted by Crippen LogP contribution is -2.23. The summed E-state index contributed by atoms with van der Waals surface area (Å²) >= 11 is 3.56. The Bertz CT molecular complexity index is 557. The Morgan fingerprint density at radius 3 is 2.81 bits per heavy atom. The molecule has 112 valence electrons. The fraction of sp³-hybridized carbons (Fsp3) is 0.353. The van der Waals surface area contributed by atoms with Crippen molar-refractivity contribution in [3.05, 3.63) is 58.3 Å². The van der Waals surface area contributed by atoms with E-state index >= 15 is 0 Å². The number of aromatic nitrogens is 1. The monoisotopic (exact) mass is 347 g/mol. The first-order valence-electron chi connectivity index (χ1n) is 7.31. The zero-order chi connectivity index (χ0) is 15.1. The molecule has 0 bridgehead atoms. The van der Waals surface area contributed by atoms with Crippen LogP contribution in [0.4, 0.5) is 5.69 Å². The number of hydrogen-bond acceptors (Lipinski definition) is 3. The molecule has 2 rings (SSSR count). The van der Waals surface area contributed by atoms with E-state index in [1.165, 1.54) is 11.3 Å². The number of halogens is 1. The summed E-state index contributed by atoms with van der Waals surface area (Å²) in [5, 5.41) is 3.40. The van der Waals surface area contributed by atoms with Gasteiger partial charge >= 0.3 is 0 Å². The highest BCUT2D eigenvalue weighted by Crippen LogP contribution is 2.24. The zero-order valence-corrected chi connectivity index (χ0v) is 14.2. The van der Waals surface area contributed by atoms with E-state index in [1.807, 2.05) is 18.3 Å². The van der Waals surface area contributed by atoms with E-state index in [1.54, 1.807) is 0 Å². The molecule has 1 aromatic carbocycles. The van der Waals surface area contributed by atoms with Gasteiger partial charge in [0.25, 0.3) is 0 Å². The Morgan fingerprint density at radius 2 is 2.10 bits per heavy atom. The first kappa shape index (κ1) is 16.0. The summed E-state index contributed by atoms with van der Waals surface area (Å²) in [5.74, 6) is 0. The molecule has 0 radical (unpaired) electrons. The molecule has 0 spiro atoms. The van der Waals surface area contributed by atoms with Crippen LogP contribution in [0.15, 0.2) is 47.1 Å². The molecule has 0 saturated heterocycles. The van der Waals surface area contributed by atoms with Gasteiger partial charge in [0.1, 0.15) is 0 Å². The van der Waals surface area contributed by atoms with Crippen LogP contribution >= 0.6 is 15.9 Å². The van der Waals surface area contributed by atoms with Crippen molar-refractivity contribution in [1.29, 1.82) is 0 Å². The SMILES string of the molecule is CCNCc1cc(Br)ccc1N(C)CCc1ccccn1. The van der Waals surface area contributed by atoms with E-state index < -0.39 is 0 Å². The van der Waals surface area contributed by atoms with Crippen LogP contribution in [-0.4, -0.2) is 25.1 Å². The summed E-state index contributed by atoms with van der Waals surface area (Å²) in [7, 11) is 2.14. The van der Waals surface area contributed by atoms with Gasteiger partial charge in [0, 0.05) is 48.6 Å². The summed E-state index contributed by atoms with van der Waals surface area (Å²) in [6, 6.07) is 12.5. The lowest BCUT2D eigenvalue weighted by molar-refractivity contribution is 0.722. The number of hydrogen-bond donors (Lipinski definition) is 1. The van der Waals surface area contributed by atoms with E-state index in [9.17, 15) is 0 Å². The van der Waals surface area contributed by atoms with Gasteiger partial charge in [0.15, 0.2) is 0 Å². The maximum Gasteiger partial charge on any atom is 0.0421 e. The Morgan fingerprint density at radius 1 is 1.24 bits per heavy atom. The molecule has 21 heavy (non-hydrogen) atoms. The van der Waals surface area contributed by atoms with Crippen LogP contribution in [0.3, 0.4) is 0 Å². The molecule has 0 atom stereocenters. The first-order chi connectivity index (χ1) is 10.2. The van der Waals surface area contributed by atoms with Crippen molar-refractivity contribution in [1.82, 2.24) is 10.3 Å². The third kappa shape index (κ3) is 4.83. The molecule has 1 heterocycles. The molecule has 0 fully saturated rings. The molecule has 1 N–H and O–H groups in total. The third-order valence-corrected chi connectivity index (χ3v) is 3.94. The summed E-state index contributed by atoms with van der Waals surface area (Å²) in [5.41, 5.74) is 3.72. The summed E-state index contributed by atoms with van der Waals surface area (Å²) in [6.45, 7) is 4.95. The highest BCUT2D eigenvalue weighted by Gasteiger charge is 2.08. The van der Waals surface area contributed by atoms with Gasteiger partial charge in [-0.15, -0.1) is 0 Å². The van der Waals surface area contributed by atoms with Crippen LogP contribution in [0, 0.1) is 0 Å². The van der Waals surface area contributed by atoms with Gasteiger partial charge in [0.05, 0.1) is 0 Å². The van der Waals surface area contributed by atoms with E-state index in [-0.39, 0.29) is 0 Å². The normalized spacial score (nSPS) is 10.6. The average molecular weight is 348 g/mol. The van der Waals surface area contributed by atoms with Crippen molar-refractivity contribution in [2.75, 3.05) is 25.0 Å². The van der Waals surface area contributed by atoms with Gasteiger partial charge < -0.3 is 10.2 Å². The molecule has 2 aromatic rings. The van der Waals surface area contributed by atoms with E-state index in [2.05, 4.69) is 69.4 Å². The number of pyridine rings is 1. The molecule has 1 aromatic heterocycles. The fourth-order valence-corrected chi connectivity index (χ4v) is 2.68. The van der Waals surface area contributed by atoms with Crippen molar-refractivity contribution in [3.8, 4) is 0 Å². The van der Waals surface area contributed by atoms with Gasteiger partial charge in [0.2, 0.25) is 0 Å². The number of benzene rings is 1. The van der Waals surface area contributed by atoms with Gasteiger partial charge in [-0.2, -0.15) is 0 Å². The standard InChI is InChI=1S/C17H22BrN3/c1-3-19-13-14-12-15(18)7-8-17(14)21(2)11-9-16-6-4-5-10-20-16/h4-8,10,12,19H,3,9,11,13H2,1-2H3. The first-order valence-corrected chi connectivity index (χ1v) is 8.10. The predicted octanol–water partition coefficient (Wildman–Crippen LogP) is 3.63. The molecule has 0 saturated carbocycles. The average Bonchev–Trinajstić information content (AvgIpc) is 2.51. The van der Waals surface area contributed by atoms with E-state index in [0.29, 0.717) is 0 Å². The minimum Gasteiger partial charge on any atom is -0.374 e. The molecular weight excluding hydrogens is 326 g/mol. The van der Waals surface area contributed by atoms with Gasteiger partial charge in [-0.1, -0.05) is 28.9 Å². The minimum atomic E-state index is 0.888. The predicted molar refractivity (Wildman–Crippen MR) is 92.7 cm³/mol.